The van der Waals surface area contributed by atoms with E-state index in [0.717, 1.165) is 0 Å². The molecule has 2 aromatic rings. The van der Waals surface area contributed by atoms with Gasteiger partial charge in [0.2, 0.25) is 11.8 Å². The van der Waals surface area contributed by atoms with Gasteiger partial charge >= 0.3 is 6.03 Å². The van der Waals surface area contributed by atoms with Crippen LogP contribution in [0, 0.1) is 12.3 Å². The minimum Gasteiger partial charge on any atom is -0.437 e. The molecule has 1 aliphatic heterocycles. The van der Waals surface area contributed by atoms with Crippen LogP contribution >= 0.6 is 0 Å². The lowest BCUT2D eigenvalue weighted by Crippen LogP contribution is -2.39. The molecule has 0 saturated carbocycles. The number of nitrogens with two attached hydrogens (primary N) is 1. The molecule has 2 aromatic heterocycles. The van der Waals surface area contributed by atoms with Crippen LogP contribution in [0.5, 0.6) is 11.6 Å². The smallest absolute Gasteiger partial charge is 0.329 e. The molecule has 162 valence electrons. The number of carbonyl (C=O) groups is 2. The number of nitrogens with one attached hydrogen (secondary N) is 1. The molecule has 0 aliphatic carbocycles. The van der Waals surface area contributed by atoms with Crippen molar-refractivity contribution >= 4 is 29.5 Å². The van der Waals surface area contributed by atoms with Crippen molar-refractivity contribution < 1.29 is 14.3 Å². The second kappa shape index (κ2) is 8.90. The number of ether oxygens (including phenoxy) is 1. The molecule has 1 saturated heterocycles. The van der Waals surface area contributed by atoms with Gasteiger partial charge in [0.25, 0.3) is 0 Å². The number of allylic oxidation sites excluding steroid dienone is 1. The molecule has 0 radical (unpaired) electrons. The van der Waals surface area contributed by atoms with Crippen molar-refractivity contribution in [2.24, 2.45) is 16.1 Å². The summed E-state index contributed by atoms with van der Waals surface area (Å²) in [5, 5.41) is 2.67. The fraction of sp³-hybridized carbons (Fsp3) is 0.333. The largest absolute Gasteiger partial charge is 0.437 e. The molecule has 3 amide bonds. The summed E-state index contributed by atoms with van der Waals surface area (Å²) in [7, 11) is 1.62. The Labute approximate surface area is 180 Å². The first-order valence-corrected chi connectivity index (χ1v) is 9.71. The predicted molar refractivity (Wildman–Crippen MR) is 117 cm³/mol. The Bertz CT molecular complexity index is 1060. The first-order chi connectivity index (χ1) is 14.7. The van der Waals surface area contributed by atoms with Gasteiger partial charge in [0.15, 0.2) is 11.6 Å². The van der Waals surface area contributed by atoms with Crippen molar-refractivity contribution in [2.45, 2.75) is 27.2 Å². The van der Waals surface area contributed by atoms with E-state index in [0.29, 0.717) is 47.5 Å². The van der Waals surface area contributed by atoms with Gasteiger partial charge in [-0.3, -0.25) is 20.0 Å². The number of anilines is 1. The molecule has 1 aliphatic rings. The van der Waals surface area contributed by atoms with Gasteiger partial charge in [0.05, 0.1) is 11.3 Å². The summed E-state index contributed by atoms with van der Waals surface area (Å²) >= 11 is 0. The number of amides is 3. The zero-order chi connectivity index (χ0) is 22.6. The number of carbonyl (C=O) groups excluding carboxylic acids is 2. The topological polar surface area (TPSA) is 136 Å². The van der Waals surface area contributed by atoms with Crippen LogP contribution in [0.25, 0.3) is 5.57 Å². The lowest BCUT2D eigenvalue weighted by molar-refractivity contribution is -0.131. The SMILES string of the molecule is CN=CC(=CN)c1nccc(Oc2ccc(NC(=O)N3CCC(C)(C)C3=O)nc2C)n1. The fourth-order valence-corrected chi connectivity index (χ4v) is 3.03. The molecule has 31 heavy (non-hydrogen) atoms. The van der Waals surface area contributed by atoms with Gasteiger partial charge in [-0.1, -0.05) is 13.8 Å². The van der Waals surface area contributed by atoms with E-state index >= 15 is 0 Å². The third-order valence-electron chi connectivity index (χ3n) is 4.85. The highest BCUT2D eigenvalue weighted by Gasteiger charge is 2.41. The predicted octanol–water partition coefficient (Wildman–Crippen LogP) is 2.76. The van der Waals surface area contributed by atoms with Crippen molar-refractivity contribution in [3.05, 3.63) is 42.1 Å². The Balaban J connectivity index is 1.72. The van der Waals surface area contributed by atoms with Crippen LogP contribution in [-0.4, -0.2) is 51.6 Å². The molecule has 3 N–H and O–H groups in total. The van der Waals surface area contributed by atoms with Crippen LogP contribution in [0.1, 0.15) is 31.8 Å². The van der Waals surface area contributed by atoms with Gasteiger partial charge in [-0.05, 0) is 25.5 Å². The lowest BCUT2D eigenvalue weighted by atomic mass is 9.92. The Hall–Kier alpha value is -3.82. The first-order valence-electron chi connectivity index (χ1n) is 9.71. The number of likely N-dealkylation sites (tertiary alicyclic amines) is 1. The molecule has 0 atom stereocenters. The standard InChI is InChI=1S/C21H25N7O3/c1-13-15(31-17-7-9-24-18(27-17)14(11-22)12-23-4)5-6-16(25-13)26-20(30)28-10-8-21(2,3)19(28)29/h5-7,9,11-12H,8,10,22H2,1-4H3,(H,25,26,30). The highest BCUT2D eigenvalue weighted by Crippen LogP contribution is 2.31. The molecule has 10 nitrogen and oxygen atoms in total. The van der Waals surface area contributed by atoms with E-state index in [4.69, 9.17) is 10.5 Å². The van der Waals surface area contributed by atoms with E-state index in [2.05, 4.69) is 25.3 Å². The summed E-state index contributed by atoms with van der Waals surface area (Å²) in [4.78, 5) is 42.8. The highest BCUT2D eigenvalue weighted by atomic mass is 16.5. The summed E-state index contributed by atoms with van der Waals surface area (Å²) < 4.78 is 5.82. The average molecular weight is 423 g/mol. The van der Waals surface area contributed by atoms with E-state index in [1.165, 1.54) is 11.1 Å². The average Bonchev–Trinajstić information content (AvgIpc) is 3.01. The van der Waals surface area contributed by atoms with Gasteiger partial charge in [-0.25, -0.2) is 14.8 Å². The number of imide groups is 1. The van der Waals surface area contributed by atoms with Crippen LogP contribution in [-0.2, 0) is 4.79 Å². The van der Waals surface area contributed by atoms with Gasteiger partial charge < -0.3 is 10.5 Å². The molecule has 10 heteroatoms. The van der Waals surface area contributed by atoms with Crippen molar-refractivity contribution in [3.8, 4) is 11.6 Å². The minimum atomic E-state index is -0.531. The molecule has 0 bridgehead atoms. The number of pyridine rings is 1. The molecular formula is C21H25N7O3. The van der Waals surface area contributed by atoms with Crippen molar-refractivity contribution in [3.63, 3.8) is 0 Å². The van der Waals surface area contributed by atoms with E-state index < -0.39 is 11.4 Å². The number of nitrogens with zero attached hydrogens (tertiary/aromatic N) is 5. The molecule has 0 unspecified atom stereocenters. The third kappa shape index (κ3) is 4.85. The van der Waals surface area contributed by atoms with Gasteiger partial charge in [0, 0.05) is 43.7 Å². The summed E-state index contributed by atoms with van der Waals surface area (Å²) in [6.45, 7) is 5.79. The molecule has 3 heterocycles. The van der Waals surface area contributed by atoms with Crippen molar-refractivity contribution in [1.82, 2.24) is 19.9 Å². The molecule has 3 rings (SSSR count). The Morgan fingerprint density at radius 2 is 2.10 bits per heavy atom. The Kier molecular flexibility index (Phi) is 6.28. The molecular weight excluding hydrogens is 398 g/mol. The second-order valence-electron chi connectivity index (χ2n) is 7.63. The van der Waals surface area contributed by atoms with Crippen molar-refractivity contribution in [1.29, 1.82) is 0 Å². The van der Waals surface area contributed by atoms with E-state index in [1.807, 2.05) is 13.8 Å². The highest BCUT2D eigenvalue weighted by molar-refractivity contribution is 6.08. The van der Waals surface area contributed by atoms with E-state index in [1.54, 1.807) is 44.6 Å². The fourth-order valence-electron chi connectivity index (χ4n) is 3.03. The summed E-state index contributed by atoms with van der Waals surface area (Å²) in [6.07, 6.45) is 5.10. The number of aromatic nitrogens is 3. The number of rotatable bonds is 5. The zero-order valence-electron chi connectivity index (χ0n) is 17.9. The number of aryl methyl sites for hydroxylation is 1. The van der Waals surface area contributed by atoms with Crippen LogP contribution in [0.4, 0.5) is 10.6 Å². The number of hydrogen-bond acceptors (Lipinski definition) is 8. The quantitative estimate of drug-likeness (QED) is 0.706. The number of hydrogen-bond donors (Lipinski definition) is 2. The lowest BCUT2D eigenvalue weighted by Gasteiger charge is -2.18. The van der Waals surface area contributed by atoms with Crippen LogP contribution < -0.4 is 15.8 Å². The maximum absolute atomic E-state index is 12.5. The van der Waals surface area contributed by atoms with E-state index in [-0.39, 0.29) is 5.91 Å². The second-order valence-corrected chi connectivity index (χ2v) is 7.63. The summed E-state index contributed by atoms with van der Waals surface area (Å²) in [5.41, 5.74) is 6.16. The first kappa shape index (κ1) is 21.9. The Morgan fingerprint density at radius 3 is 2.71 bits per heavy atom. The van der Waals surface area contributed by atoms with Crippen LogP contribution in [0.15, 0.2) is 35.6 Å². The van der Waals surface area contributed by atoms with Gasteiger partial charge in [-0.2, -0.15) is 4.98 Å². The normalized spacial score (nSPS) is 16.1. The Morgan fingerprint density at radius 1 is 1.32 bits per heavy atom. The van der Waals surface area contributed by atoms with Gasteiger partial charge in [-0.15, -0.1) is 0 Å². The molecule has 0 aromatic carbocycles. The van der Waals surface area contributed by atoms with Crippen LogP contribution in [0.3, 0.4) is 0 Å². The maximum Gasteiger partial charge on any atom is 0.329 e. The summed E-state index contributed by atoms with van der Waals surface area (Å²) in [6, 6.07) is 4.39. The minimum absolute atomic E-state index is 0.194. The van der Waals surface area contributed by atoms with Crippen LogP contribution in [0.2, 0.25) is 0 Å². The summed E-state index contributed by atoms with van der Waals surface area (Å²) in [5.74, 6) is 1.27. The van der Waals surface area contributed by atoms with Crippen molar-refractivity contribution in [2.75, 3.05) is 18.9 Å². The third-order valence-corrected chi connectivity index (χ3v) is 4.85. The van der Waals surface area contributed by atoms with E-state index in [9.17, 15) is 9.59 Å². The molecule has 0 spiro atoms. The number of urea groups is 1. The monoisotopic (exact) mass is 423 g/mol. The maximum atomic E-state index is 12.5. The molecule has 1 fully saturated rings. The van der Waals surface area contributed by atoms with Gasteiger partial charge in [0.1, 0.15) is 5.82 Å². The zero-order valence-corrected chi connectivity index (χ0v) is 17.9. The number of aliphatic imine (C=N–C) groups is 1.